The second kappa shape index (κ2) is 11.1. The number of hydrogen-bond acceptors (Lipinski definition) is 3. The Morgan fingerprint density at radius 1 is 1.29 bits per heavy atom. The van der Waals surface area contributed by atoms with Gasteiger partial charge in [-0.05, 0) is 45.6 Å². The van der Waals surface area contributed by atoms with Crippen LogP contribution in [-0.2, 0) is 11.3 Å². The van der Waals surface area contributed by atoms with E-state index in [-0.39, 0.29) is 0 Å². The lowest BCUT2D eigenvalue weighted by Crippen LogP contribution is -2.39. The fourth-order valence-electron chi connectivity index (χ4n) is 2.71. The van der Waals surface area contributed by atoms with E-state index in [1.54, 1.807) is 7.05 Å². The first kappa shape index (κ1) is 20.5. The molecule has 6 heteroatoms. The Bertz CT molecular complexity index is 496. The summed E-state index contributed by atoms with van der Waals surface area (Å²) in [6.45, 7) is 14.0. The van der Waals surface area contributed by atoms with E-state index in [1.165, 1.54) is 5.69 Å². The van der Waals surface area contributed by atoms with Crippen LogP contribution in [0.1, 0.15) is 45.0 Å². The summed E-state index contributed by atoms with van der Waals surface area (Å²) >= 11 is 0. The summed E-state index contributed by atoms with van der Waals surface area (Å²) < 4.78 is 7.83. The molecule has 2 N–H and O–H groups in total. The molecule has 1 rings (SSSR count). The number of hydrogen-bond donors (Lipinski definition) is 2. The monoisotopic (exact) mass is 337 g/mol. The van der Waals surface area contributed by atoms with Crippen LogP contribution >= 0.6 is 0 Å². The SMILES string of the molecule is CCOC(CCNC(=NC)NCCCn1nc(C)cc1C)C(C)C. The van der Waals surface area contributed by atoms with Gasteiger partial charge in [0, 0.05) is 39.0 Å². The van der Waals surface area contributed by atoms with Gasteiger partial charge >= 0.3 is 0 Å². The minimum absolute atomic E-state index is 0.298. The van der Waals surface area contributed by atoms with Crippen molar-refractivity contribution in [1.82, 2.24) is 20.4 Å². The van der Waals surface area contributed by atoms with Crippen molar-refractivity contribution >= 4 is 5.96 Å². The molecule has 0 amide bonds. The lowest BCUT2D eigenvalue weighted by Gasteiger charge is -2.21. The number of aliphatic imine (C=N–C) groups is 1. The van der Waals surface area contributed by atoms with Crippen LogP contribution in [0.15, 0.2) is 11.1 Å². The predicted octanol–water partition coefficient (Wildman–Crippen LogP) is 2.51. The quantitative estimate of drug-likeness (QED) is 0.391. The van der Waals surface area contributed by atoms with Crippen molar-refractivity contribution in [1.29, 1.82) is 0 Å². The standard InChI is InChI=1S/C18H35N5O/c1-7-24-17(14(2)3)9-11-21-18(19-6)20-10-8-12-23-16(5)13-15(4)22-23/h13-14,17H,7-12H2,1-6H3,(H2,19,20,21). The van der Waals surface area contributed by atoms with Crippen molar-refractivity contribution in [3.05, 3.63) is 17.5 Å². The van der Waals surface area contributed by atoms with E-state index in [4.69, 9.17) is 4.74 Å². The minimum atomic E-state index is 0.298. The minimum Gasteiger partial charge on any atom is -0.378 e. The van der Waals surface area contributed by atoms with Crippen LogP contribution in [0.25, 0.3) is 0 Å². The maximum absolute atomic E-state index is 5.77. The summed E-state index contributed by atoms with van der Waals surface area (Å²) in [6, 6.07) is 2.11. The van der Waals surface area contributed by atoms with E-state index < -0.39 is 0 Å². The third-order valence-electron chi connectivity index (χ3n) is 4.01. The molecular formula is C18H35N5O. The molecular weight excluding hydrogens is 302 g/mol. The maximum Gasteiger partial charge on any atom is 0.190 e. The van der Waals surface area contributed by atoms with Gasteiger partial charge in [0.05, 0.1) is 11.8 Å². The molecule has 1 aromatic rings. The van der Waals surface area contributed by atoms with Gasteiger partial charge in [0.15, 0.2) is 5.96 Å². The molecule has 1 heterocycles. The van der Waals surface area contributed by atoms with E-state index in [1.807, 2.05) is 13.8 Å². The molecule has 0 saturated heterocycles. The number of aromatic nitrogens is 2. The maximum atomic E-state index is 5.77. The van der Waals surface area contributed by atoms with Crippen molar-refractivity contribution < 1.29 is 4.74 Å². The molecule has 0 aliphatic rings. The lowest BCUT2D eigenvalue weighted by atomic mass is 10.0. The molecule has 1 atom stereocenters. The molecule has 0 fully saturated rings. The highest BCUT2D eigenvalue weighted by Gasteiger charge is 2.12. The number of nitrogens with one attached hydrogen (secondary N) is 2. The topological polar surface area (TPSA) is 63.5 Å². The Morgan fingerprint density at radius 3 is 2.54 bits per heavy atom. The van der Waals surface area contributed by atoms with Crippen molar-refractivity contribution in [2.75, 3.05) is 26.7 Å². The number of aryl methyl sites for hydroxylation is 3. The Labute approximate surface area is 147 Å². The van der Waals surface area contributed by atoms with Gasteiger partial charge in [-0.1, -0.05) is 13.8 Å². The Morgan fingerprint density at radius 2 is 2.00 bits per heavy atom. The van der Waals surface area contributed by atoms with Gasteiger partial charge in [0.1, 0.15) is 0 Å². The second-order valence-corrected chi connectivity index (χ2v) is 6.46. The first-order valence-corrected chi connectivity index (χ1v) is 9.05. The van der Waals surface area contributed by atoms with Gasteiger partial charge in [-0.25, -0.2) is 0 Å². The largest absolute Gasteiger partial charge is 0.378 e. The van der Waals surface area contributed by atoms with Crippen LogP contribution in [-0.4, -0.2) is 48.6 Å². The van der Waals surface area contributed by atoms with E-state index in [0.717, 1.165) is 50.7 Å². The first-order chi connectivity index (χ1) is 11.5. The molecule has 0 spiro atoms. The van der Waals surface area contributed by atoms with Crippen molar-refractivity contribution in [3.63, 3.8) is 0 Å². The van der Waals surface area contributed by atoms with Gasteiger partial charge in [-0.15, -0.1) is 0 Å². The molecule has 0 aromatic carbocycles. The van der Waals surface area contributed by atoms with E-state index in [9.17, 15) is 0 Å². The first-order valence-electron chi connectivity index (χ1n) is 9.05. The highest BCUT2D eigenvalue weighted by atomic mass is 16.5. The normalized spacial score (nSPS) is 13.4. The number of ether oxygens (including phenoxy) is 1. The van der Waals surface area contributed by atoms with Gasteiger partial charge in [-0.2, -0.15) is 5.10 Å². The van der Waals surface area contributed by atoms with Gasteiger partial charge < -0.3 is 15.4 Å². The summed E-state index contributed by atoms with van der Waals surface area (Å²) in [5, 5.41) is 11.2. The Balaban J connectivity index is 2.24. The van der Waals surface area contributed by atoms with E-state index in [2.05, 4.69) is 52.2 Å². The highest BCUT2D eigenvalue weighted by molar-refractivity contribution is 5.79. The number of guanidine groups is 1. The molecule has 0 saturated carbocycles. The fourth-order valence-corrected chi connectivity index (χ4v) is 2.71. The molecule has 6 nitrogen and oxygen atoms in total. The van der Waals surface area contributed by atoms with Crippen LogP contribution in [0, 0.1) is 19.8 Å². The van der Waals surface area contributed by atoms with Gasteiger partial charge in [0.25, 0.3) is 0 Å². The van der Waals surface area contributed by atoms with Crippen molar-refractivity contribution in [2.24, 2.45) is 10.9 Å². The molecule has 1 unspecified atom stereocenters. The van der Waals surface area contributed by atoms with E-state index >= 15 is 0 Å². The molecule has 1 aromatic heterocycles. The van der Waals surface area contributed by atoms with Crippen LogP contribution in [0.4, 0.5) is 0 Å². The van der Waals surface area contributed by atoms with Gasteiger partial charge in [-0.3, -0.25) is 9.67 Å². The number of nitrogens with zero attached hydrogens (tertiary/aromatic N) is 3. The molecule has 0 aliphatic carbocycles. The van der Waals surface area contributed by atoms with Crippen LogP contribution in [0.5, 0.6) is 0 Å². The second-order valence-electron chi connectivity index (χ2n) is 6.46. The molecule has 0 aliphatic heterocycles. The predicted molar refractivity (Wildman–Crippen MR) is 101 cm³/mol. The molecule has 0 bridgehead atoms. The zero-order chi connectivity index (χ0) is 17.9. The third-order valence-corrected chi connectivity index (χ3v) is 4.01. The van der Waals surface area contributed by atoms with Crippen molar-refractivity contribution in [2.45, 2.75) is 60.1 Å². The summed E-state index contributed by atoms with van der Waals surface area (Å²) in [7, 11) is 1.80. The molecule has 138 valence electrons. The van der Waals surface area contributed by atoms with E-state index in [0.29, 0.717) is 12.0 Å². The van der Waals surface area contributed by atoms with Crippen LogP contribution in [0.3, 0.4) is 0 Å². The zero-order valence-corrected chi connectivity index (χ0v) is 16.2. The highest BCUT2D eigenvalue weighted by Crippen LogP contribution is 2.09. The molecule has 0 radical (unpaired) electrons. The summed E-state index contributed by atoms with van der Waals surface area (Å²) in [5.74, 6) is 1.38. The van der Waals surface area contributed by atoms with Crippen LogP contribution < -0.4 is 10.6 Å². The average molecular weight is 338 g/mol. The Kier molecular flexibility index (Phi) is 9.45. The average Bonchev–Trinajstić information content (AvgIpc) is 2.86. The smallest absolute Gasteiger partial charge is 0.190 e. The van der Waals surface area contributed by atoms with Crippen molar-refractivity contribution in [3.8, 4) is 0 Å². The summed E-state index contributed by atoms with van der Waals surface area (Å²) in [6.07, 6.45) is 2.29. The molecule has 24 heavy (non-hydrogen) atoms. The fraction of sp³-hybridized carbons (Fsp3) is 0.778. The number of rotatable bonds is 10. The lowest BCUT2D eigenvalue weighted by molar-refractivity contribution is 0.0258. The summed E-state index contributed by atoms with van der Waals surface area (Å²) in [4.78, 5) is 4.27. The third kappa shape index (κ3) is 7.34. The zero-order valence-electron chi connectivity index (χ0n) is 16.2. The van der Waals surface area contributed by atoms with Crippen LogP contribution in [0.2, 0.25) is 0 Å². The van der Waals surface area contributed by atoms with Gasteiger partial charge in [0.2, 0.25) is 0 Å². The Hall–Kier alpha value is -1.56. The summed E-state index contributed by atoms with van der Waals surface area (Å²) in [5.41, 5.74) is 2.29.